The zero-order valence-corrected chi connectivity index (χ0v) is 16.0. The van der Waals surface area contributed by atoms with Crippen LogP contribution in [-0.4, -0.2) is 33.7 Å². The van der Waals surface area contributed by atoms with Crippen molar-refractivity contribution in [3.8, 4) is 11.3 Å². The fourth-order valence-corrected chi connectivity index (χ4v) is 5.02. The average Bonchev–Trinajstić information content (AvgIpc) is 3.15. The first-order chi connectivity index (χ1) is 12.4. The maximum absolute atomic E-state index is 14.2. The van der Waals surface area contributed by atoms with Gasteiger partial charge in [-0.25, -0.2) is 4.39 Å². The Kier molecular flexibility index (Phi) is 4.31. The van der Waals surface area contributed by atoms with Crippen LogP contribution >= 0.6 is 11.3 Å². The maximum atomic E-state index is 14.2. The number of likely N-dealkylation sites (tertiary alicyclic amines) is 1. The molecule has 2 atom stereocenters. The Balaban J connectivity index is 1.73. The Morgan fingerprint density at radius 3 is 2.62 bits per heavy atom. The van der Waals surface area contributed by atoms with Crippen LogP contribution in [0.2, 0.25) is 0 Å². The van der Waals surface area contributed by atoms with E-state index in [-0.39, 0.29) is 11.7 Å². The second kappa shape index (κ2) is 6.50. The van der Waals surface area contributed by atoms with Crippen molar-refractivity contribution in [1.29, 1.82) is 0 Å². The highest BCUT2D eigenvalue weighted by atomic mass is 32.1. The van der Waals surface area contributed by atoms with E-state index in [0.29, 0.717) is 28.0 Å². The highest BCUT2D eigenvalue weighted by Gasteiger charge is 2.28. The van der Waals surface area contributed by atoms with E-state index in [1.165, 1.54) is 17.4 Å². The summed E-state index contributed by atoms with van der Waals surface area (Å²) in [7, 11) is 1.84. The third kappa shape index (κ3) is 2.92. The number of amides is 1. The molecule has 1 aromatic carbocycles. The molecule has 4 nitrogen and oxygen atoms in total. The molecule has 1 saturated heterocycles. The molecule has 1 aliphatic heterocycles. The quantitative estimate of drug-likeness (QED) is 0.662. The van der Waals surface area contributed by atoms with Gasteiger partial charge in [-0.15, -0.1) is 11.3 Å². The molecule has 0 saturated carbocycles. The molecule has 2 aromatic heterocycles. The number of piperidine rings is 1. The van der Waals surface area contributed by atoms with E-state index in [1.54, 1.807) is 22.9 Å². The highest BCUT2D eigenvalue weighted by molar-refractivity contribution is 7.20. The van der Waals surface area contributed by atoms with Gasteiger partial charge < -0.3 is 4.90 Å². The lowest BCUT2D eigenvalue weighted by molar-refractivity contribution is 0.0628. The van der Waals surface area contributed by atoms with Gasteiger partial charge in [0.05, 0.1) is 4.88 Å². The Bertz CT molecular complexity index is 967. The summed E-state index contributed by atoms with van der Waals surface area (Å²) in [6.07, 6.45) is 1.16. The number of hydrogen-bond acceptors (Lipinski definition) is 3. The molecule has 6 heteroatoms. The molecule has 0 N–H and O–H groups in total. The van der Waals surface area contributed by atoms with Gasteiger partial charge in [-0.2, -0.15) is 5.10 Å². The van der Waals surface area contributed by atoms with Gasteiger partial charge in [0.2, 0.25) is 0 Å². The molecular weight excluding hydrogens is 349 g/mol. The fourth-order valence-electron chi connectivity index (χ4n) is 3.98. The summed E-state index contributed by atoms with van der Waals surface area (Å²) in [5.74, 6) is 0.815. The first-order valence-corrected chi connectivity index (χ1v) is 9.76. The minimum atomic E-state index is -0.301. The molecule has 1 fully saturated rings. The lowest BCUT2D eigenvalue weighted by atomic mass is 9.92. The van der Waals surface area contributed by atoms with Crippen LogP contribution < -0.4 is 0 Å². The number of halogens is 1. The first kappa shape index (κ1) is 17.2. The van der Waals surface area contributed by atoms with Crippen molar-refractivity contribution >= 4 is 27.5 Å². The normalized spacial score (nSPS) is 20.7. The van der Waals surface area contributed by atoms with Gasteiger partial charge in [0, 0.05) is 31.1 Å². The minimum absolute atomic E-state index is 0.0732. The molecular formula is C20H22FN3OS. The van der Waals surface area contributed by atoms with Crippen molar-refractivity contribution in [2.75, 3.05) is 13.1 Å². The van der Waals surface area contributed by atoms with Crippen molar-refractivity contribution in [3.05, 3.63) is 41.0 Å². The van der Waals surface area contributed by atoms with Gasteiger partial charge in [0.25, 0.3) is 5.91 Å². The van der Waals surface area contributed by atoms with Gasteiger partial charge in [-0.1, -0.05) is 26.0 Å². The van der Waals surface area contributed by atoms with E-state index in [2.05, 4.69) is 18.9 Å². The Hall–Kier alpha value is -2.21. The van der Waals surface area contributed by atoms with E-state index < -0.39 is 0 Å². The Labute approximate surface area is 156 Å². The molecule has 0 bridgehead atoms. The Morgan fingerprint density at radius 2 is 1.92 bits per heavy atom. The zero-order valence-electron chi connectivity index (χ0n) is 15.2. The number of fused-ring (bicyclic) bond motifs is 1. The summed E-state index contributed by atoms with van der Waals surface area (Å²) in [5, 5.41) is 5.32. The lowest BCUT2D eigenvalue weighted by Gasteiger charge is -2.34. The van der Waals surface area contributed by atoms with Gasteiger partial charge in [-0.05, 0) is 36.5 Å². The van der Waals surface area contributed by atoms with E-state index in [1.807, 2.05) is 18.0 Å². The van der Waals surface area contributed by atoms with E-state index in [4.69, 9.17) is 0 Å². The highest BCUT2D eigenvalue weighted by Crippen LogP contribution is 2.35. The minimum Gasteiger partial charge on any atom is -0.337 e. The van der Waals surface area contributed by atoms with Crippen molar-refractivity contribution in [1.82, 2.24) is 14.7 Å². The Morgan fingerprint density at radius 1 is 1.23 bits per heavy atom. The number of thiophene rings is 1. The monoisotopic (exact) mass is 371 g/mol. The number of aryl methyl sites for hydroxylation is 1. The molecule has 0 aliphatic carbocycles. The number of benzene rings is 1. The van der Waals surface area contributed by atoms with Gasteiger partial charge in [-0.3, -0.25) is 9.48 Å². The SMILES string of the molecule is CC1CC(C)CN(C(=O)c2cc3c(-c4ccccc4F)nn(C)c3s2)C1. The number of aromatic nitrogens is 2. The second-order valence-electron chi connectivity index (χ2n) is 7.44. The summed E-state index contributed by atoms with van der Waals surface area (Å²) in [6.45, 7) is 5.99. The van der Waals surface area contributed by atoms with Crippen molar-refractivity contribution in [2.24, 2.45) is 18.9 Å². The first-order valence-electron chi connectivity index (χ1n) is 8.94. The molecule has 0 radical (unpaired) electrons. The van der Waals surface area contributed by atoms with Crippen LogP contribution in [0, 0.1) is 17.7 Å². The molecule has 1 amide bonds. The molecule has 1 aliphatic rings. The molecule has 2 unspecified atom stereocenters. The lowest BCUT2D eigenvalue weighted by Crippen LogP contribution is -2.42. The molecule has 3 aromatic rings. The van der Waals surface area contributed by atoms with Gasteiger partial charge >= 0.3 is 0 Å². The van der Waals surface area contributed by atoms with Crippen LogP contribution in [0.25, 0.3) is 21.5 Å². The van der Waals surface area contributed by atoms with Crippen LogP contribution in [0.15, 0.2) is 30.3 Å². The average molecular weight is 371 g/mol. The summed E-state index contributed by atoms with van der Waals surface area (Å²) in [4.78, 5) is 16.6. The molecule has 0 spiro atoms. The van der Waals surface area contributed by atoms with Crippen LogP contribution in [0.5, 0.6) is 0 Å². The zero-order chi connectivity index (χ0) is 18.4. The number of nitrogens with zero attached hydrogens (tertiary/aromatic N) is 3. The number of hydrogen-bond donors (Lipinski definition) is 0. The molecule has 136 valence electrons. The molecule has 4 rings (SSSR count). The summed E-state index contributed by atoms with van der Waals surface area (Å²) >= 11 is 1.44. The van der Waals surface area contributed by atoms with Crippen LogP contribution in [0.1, 0.15) is 29.9 Å². The number of carbonyl (C=O) groups excluding carboxylic acids is 1. The standard InChI is InChI=1S/C20H22FN3OS/c1-12-8-13(2)11-24(10-12)19(25)17-9-15-18(22-23(3)20(15)26-17)14-6-4-5-7-16(14)21/h4-7,9,12-13H,8,10-11H2,1-3H3. The summed E-state index contributed by atoms with van der Waals surface area (Å²) in [6, 6.07) is 8.50. The van der Waals surface area contributed by atoms with Crippen LogP contribution in [-0.2, 0) is 7.05 Å². The van der Waals surface area contributed by atoms with Gasteiger partial charge in [0.1, 0.15) is 16.3 Å². The topological polar surface area (TPSA) is 38.1 Å². The van der Waals surface area contributed by atoms with E-state index >= 15 is 0 Å². The van der Waals surface area contributed by atoms with Crippen LogP contribution in [0.3, 0.4) is 0 Å². The van der Waals surface area contributed by atoms with Crippen molar-refractivity contribution < 1.29 is 9.18 Å². The predicted octanol–water partition coefficient (Wildman–Crippen LogP) is 4.56. The van der Waals surface area contributed by atoms with Crippen molar-refractivity contribution in [3.63, 3.8) is 0 Å². The van der Waals surface area contributed by atoms with E-state index in [9.17, 15) is 9.18 Å². The smallest absolute Gasteiger partial charge is 0.264 e. The van der Waals surface area contributed by atoms with E-state index in [0.717, 1.165) is 29.7 Å². The summed E-state index contributed by atoms with van der Waals surface area (Å²) in [5.41, 5.74) is 1.06. The van der Waals surface area contributed by atoms with Crippen LogP contribution in [0.4, 0.5) is 4.39 Å². The molecule has 26 heavy (non-hydrogen) atoms. The third-order valence-electron chi connectivity index (χ3n) is 5.01. The number of carbonyl (C=O) groups is 1. The van der Waals surface area contributed by atoms with Gasteiger partial charge in [0.15, 0.2) is 0 Å². The second-order valence-corrected chi connectivity index (χ2v) is 8.47. The predicted molar refractivity (Wildman–Crippen MR) is 103 cm³/mol. The largest absolute Gasteiger partial charge is 0.337 e. The maximum Gasteiger partial charge on any atom is 0.264 e. The summed E-state index contributed by atoms with van der Waals surface area (Å²) < 4.78 is 16.0. The fraction of sp³-hybridized carbons (Fsp3) is 0.400. The molecule has 3 heterocycles. The van der Waals surface area contributed by atoms with Crippen molar-refractivity contribution in [2.45, 2.75) is 20.3 Å². The third-order valence-corrected chi connectivity index (χ3v) is 6.20. The number of rotatable bonds is 2.